The highest BCUT2D eigenvalue weighted by Crippen LogP contribution is 2.19. The second-order valence-corrected chi connectivity index (χ2v) is 6.74. The van der Waals surface area contributed by atoms with Gasteiger partial charge in [0.2, 0.25) is 5.91 Å². The molecule has 2 N–H and O–H groups in total. The van der Waals surface area contributed by atoms with E-state index in [2.05, 4.69) is 21.6 Å². The number of likely N-dealkylation sites (tertiary alicyclic amines) is 1. The zero-order valence-electron chi connectivity index (χ0n) is 14.2. The zero-order valence-corrected chi connectivity index (χ0v) is 14.2. The Morgan fingerprint density at radius 2 is 2.17 bits per heavy atom. The largest absolute Gasteiger partial charge is 0.354 e. The number of nitrogens with one attached hydrogen (secondary N) is 2. The first-order chi connectivity index (χ1) is 11.0. The van der Waals surface area contributed by atoms with Gasteiger partial charge in [-0.1, -0.05) is 18.2 Å². The molecule has 0 saturated carbocycles. The molecule has 1 heterocycles. The van der Waals surface area contributed by atoms with Crippen molar-refractivity contribution in [3.05, 3.63) is 35.4 Å². The van der Waals surface area contributed by atoms with Crippen LogP contribution in [0.25, 0.3) is 0 Å². The SMILES string of the molecule is CNC(C)(C)C(=O)NCC1CCN(Cc2ccccc2C#N)C1. The summed E-state index contributed by atoms with van der Waals surface area (Å²) in [7, 11) is 1.80. The Balaban J connectivity index is 1.83. The van der Waals surface area contributed by atoms with E-state index in [0.717, 1.165) is 37.2 Å². The van der Waals surface area contributed by atoms with Crippen LogP contribution in [-0.2, 0) is 11.3 Å². The van der Waals surface area contributed by atoms with Gasteiger partial charge >= 0.3 is 0 Å². The number of carbonyl (C=O) groups is 1. The van der Waals surface area contributed by atoms with Crippen LogP contribution in [0.3, 0.4) is 0 Å². The second kappa shape index (κ2) is 7.58. The third-order valence-corrected chi connectivity index (χ3v) is 4.65. The van der Waals surface area contributed by atoms with Gasteiger partial charge in [0.05, 0.1) is 17.2 Å². The lowest BCUT2D eigenvalue weighted by atomic mass is 10.0. The molecule has 0 aliphatic carbocycles. The summed E-state index contributed by atoms with van der Waals surface area (Å²) < 4.78 is 0. The van der Waals surface area contributed by atoms with E-state index in [4.69, 9.17) is 5.26 Å². The lowest BCUT2D eigenvalue weighted by molar-refractivity contribution is -0.126. The van der Waals surface area contributed by atoms with E-state index < -0.39 is 5.54 Å². The average molecular weight is 314 g/mol. The van der Waals surface area contributed by atoms with Crippen LogP contribution in [0, 0.1) is 17.2 Å². The normalized spacial score (nSPS) is 18.6. The smallest absolute Gasteiger partial charge is 0.239 e. The van der Waals surface area contributed by atoms with Crippen molar-refractivity contribution in [2.24, 2.45) is 5.92 Å². The van der Waals surface area contributed by atoms with Crippen molar-refractivity contribution in [1.29, 1.82) is 5.26 Å². The molecule has 0 bridgehead atoms. The summed E-state index contributed by atoms with van der Waals surface area (Å²) in [5.41, 5.74) is 1.29. The van der Waals surface area contributed by atoms with Crippen molar-refractivity contribution in [3.8, 4) is 6.07 Å². The number of hydrogen-bond donors (Lipinski definition) is 2. The van der Waals surface area contributed by atoms with Crippen molar-refractivity contribution < 1.29 is 4.79 Å². The summed E-state index contributed by atoms with van der Waals surface area (Å²) in [4.78, 5) is 14.4. The molecule has 1 aliphatic rings. The zero-order chi connectivity index (χ0) is 16.9. The van der Waals surface area contributed by atoms with Crippen LogP contribution >= 0.6 is 0 Å². The summed E-state index contributed by atoms with van der Waals surface area (Å²) in [5.74, 6) is 0.508. The van der Waals surface area contributed by atoms with Gasteiger partial charge in [-0.2, -0.15) is 5.26 Å². The predicted molar refractivity (Wildman–Crippen MR) is 90.7 cm³/mol. The van der Waals surface area contributed by atoms with Gasteiger partial charge in [-0.15, -0.1) is 0 Å². The summed E-state index contributed by atoms with van der Waals surface area (Å²) in [6.07, 6.45) is 1.08. The summed E-state index contributed by atoms with van der Waals surface area (Å²) >= 11 is 0. The first kappa shape index (κ1) is 17.5. The quantitative estimate of drug-likeness (QED) is 0.835. The number of likely N-dealkylation sites (N-methyl/N-ethyl adjacent to an activating group) is 1. The Labute approximate surface area is 138 Å². The van der Waals surface area contributed by atoms with Gasteiger partial charge in [0.25, 0.3) is 0 Å². The fraction of sp³-hybridized carbons (Fsp3) is 0.556. The van der Waals surface area contributed by atoms with Crippen LogP contribution in [-0.4, -0.2) is 43.0 Å². The van der Waals surface area contributed by atoms with Gasteiger partial charge in [0, 0.05) is 19.6 Å². The minimum Gasteiger partial charge on any atom is -0.354 e. The maximum absolute atomic E-state index is 12.1. The summed E-state index contributed by atoms with van der Waals surface area (Å²) in [6.45, 7) is 7.23. The van der Waals surface area contributed by atoms with Gasteiger partial charge in [0.15, 0.2) is 0 Å². The Bertz CT molecular complexity index is 591. The van der Waals surface area contributed by atoms with Crippen molar-refractivity contribution in [2.75, 3.05) is 26.7 Å². The molecule has 1 saturated heterocycles. The van der Waals surface area contributed by atoms with E-state index in [0.29, 0.717) is 12.5 Å². The Morgan fingerprint density at radius 3 is 2.87 bits per heavy atom. The number of rotatable bonds is 6. The molecule has 5 nitrogen and oxygen atoms in total. The van der Waals surface area contributed by atoms with E-state index in [1.54, 1.807) is 7.05 Å². The van der Waals surface area contributed by atoms with Crippen molar-refractivity contribution in [1.82, 2.24) is 15.5 Å². The van der Waals surface area contributed by atoms with Gasteiger partial charge in [-0.25, -0.2) is 0 Å². The van der Waals surface area contributed by atoms with Crippen molar-refractivity contribution in [3.63, 3.8) is 0 Å². The van der Waals surface area contributed by atoms with E-state index in [1.165, 1.54) is 0 Å². The highest BCUT2D eigenvalue weighted by Gasteiger charge is 2.28. The summed E-state index contributed by atoms with van der Waals surface area (Å²) in [6, 6.07) is 10.0. The van der Waals surface area contributed by atoms with Gasteiger partial charge in [-0.05, 0) is 51.4 Å². The van der Waals surface area contributed by atoms with Crippen LogP contribution in [0.5, 0.6) is 0 Å². The molecular formula is C18H26N4O. The molecule has 124 valence electrons. The van der Waals surface area contributed by atoms with Gasteiger partial charge in [-0.3, -0.25) is 9.69 Å². The molecule has 1 fully saturated rings. The molecule has 1 unspecified atom stereocenters. The van der Waals surface area contributed by atoms with E-state index in [1.807, 2.05) is 38.1 Å². The number of amides is 1. The molecule has 1 aromatic carbocycles. The van der Waals surface area contributed by atoms with E-state index in [9.17, 15) is 4.79 Å². The molecular weight excluding hydrogens is 288 g/mol. The molecule has 0 aromatic heterocycles. The lowest BCUT2D eigenvalue weighted by Gasteiger charge is -2.24. The number of carbonyl (C=O) groups excluding carboxylic acids is 1. The minimum atomic E-state index is -0.538. The van der Waals surface area contributed by atoms with Crippen molar-refractivity contribution in [2.45, 2.75) is 32.4 Å². The Morgan fingerprint density at radius 1 is 1.43 bits per heavy atom. The molecule has 0 radical (unpaired) electrons. The molecule has 23 heavy (non-hydrogen) atoms. The van der Waals surface area contributed by atoms with Gasteiger partial charge in [0.1, 0.15) is 0 Å². The fourth-order valence-corrected chi connectivity index (χ4v) is 2.80. The maximum atomic E-state index is 12.1. The molecule has 5 heteroatoms. The third kappa shape index (κ3) is 4.54. The second-order valence-electron chi connectivity index (χ2n) is 6.74. The first-order valence-corrected chi connectivity index (χ1v) is 8.14. The lowest BCUT2D eigenvalue weighted by Crippen LogP contribution is -2.52. The van der Waals surface area contributed by atoms with E-state index in [-0.39, 0.29) is 5.91 Å². The molecule has 1 atom stereocenters. The molecule has 2 rings (SSSR count). The Hall–Kier alpha value is -1.90. The summed E-state index contributed by atoms with van der Waals surface area (Å²) in [5, 5.41) is 15.2. The predicted octanol–water partition coefficient (Wildman–Crippen LogP) is 1.49. The molecule has 0 spiro atoms. The third-order valence-electron chi connectivity index (χ3n) is 4.65. The number of benzene rings is 1. The highest BCUT2D eigenvalue weighted by atomic mass is 16.2. The molecule has 1 amide bonds. The Kier molecular flexibility index (Phi) is 5.75. The van der Waals surface area contributed by atoms with Crippen LogP contribution < -0.4 is 10.6 Å². The number of nitrogens with zero attached hydrogens (tertiary/aromatic N) is 2. The van der Waals surface area contributed by atoms with Crippen LogP contribution in [0.2, 0.25) is 0 Å². The topological polar surface area (TPSA) is 68.2 Å². The van der Waals surface area contributed by atoms with Crippen LogP contribution in [0.1, 0.15) is 31.4 Å². The number of nitriles is 1. The first-order valence-electron chi connectivity index (χ1n) is 8.14. The maximum Gasteiger partial charge on any atom is 0.239 e. The molecule has 1 aliphatic heterocycles. The molecule has 1 aromatic rings. The van der Waals surface area contributed by atoms with E-state index >= 15 is 0 Å². The fourth-order valence-electron chi connectivity index (χ4n) is 2.80. The van der Waals surface area contributed by atoms with Gasteiger partial charge < -0.3 is 10.6 Å². The average Bonchev–Trinajstić information content (AvgIpc) is 3.00. The van der Waals surface area contributed by atoms with Crippen LogP contribution in [0.15, 0.2) is 24.3 Å². The van der Waals surface area contributed by atoms with Crippen molar-refractivity contribution >= 4 is 5.91 Å². The number of hydrogen-bond acceptors (Lipinski definition) is 4. The monoisotopic (exact) mass is 314 g/mol. The minimum absolute atomic E-state index is 0.0354. The highest BCUT2D eigenvalue weighted by molar-refractivity contribution is 5.85. The van der Waals surface area contributed by atoms with Crippen LogP contribution in [0.4, 0.5) is 0 Å². The standard InChI is InChI=1S/C18H26N4O/c1-18(2,20-3)17(23)21-11-14-8-9-22(12-14)13-16-7-5-4-6-15(16)10-19/h4-7,14,20H,8-9,11-13H2,1-3H3,(H,21,23).